The number of aromatic nitrogens is 3. The molecule has 0 amide bonds. The standard InChI is InChI=1S/C25H23N3O/c1-17-5-4-6-19(11-17)7-10-24(29)14-23-13-22-12-20(8-9-21(22)15-27-23)25-16-26-18(2)28(25)3/h4-13,15-16H,14H2,1-3H3/b10-7+/i4D,5D,6D,7D,10D,11D. The van der Waals surface area contributed by atoms with Crippen molar-refractivity contribution in [1.29, 1.82) is 0 Å². The van der Waals surface area contributed by atoms with Gasteiger partial charge in [0, 0.05) is 29.9 Å². The van der Waals surface area contributed by atoms with Crippen LogP contribution in [0.4, 0.5) is 0 Å². The summed E-state index contributed by atoms with van der Waals surface area (Å²) < 4.78 is 50.4. The summed E-state index contributed by atoms with van der Waals surface area (Å²) in [6.07, 6.45) is 3.22. The van der Waals surface area contributed by atoms with Crippen LogP contribution in [0, 0.1) is 13.8 Å². The molecule has 0 N–H and O–H groups in total. The van der Waals surface area contributed by atoms with Gasteiger partial charge in [-0.25, -0.2) is 4.98 Å². The van der Waals surface area contributed by atoms with Crippen LogP contribution >= 0.6 is 0 Å². The number of nitrogens with zero attached hydrogens (tertiary/aromatic N) is 3. The van der Waals surface area contributed by atoms with Crippen LogP contribution in [0.5, 0.6) is 0 Å². The fraction of sp³-hybridized carbons (Fsp3) is 0.160. The largest absolute Gasteiger partial charge is 0.331 e. The molecule has 4 aromatic rings. The van der Waals surface area contributed by atoms with E-state index in [1.807, 2.05) is 36.7 Å². The number of hydrogen-bond donors (Lipinski definition) is 0. The third kappa shape index (κ3) is 4.16. The lowest BCUT2D eigenvalue weighted by Gasteiger charge is -2.07. The molecule has 2 heterocycles. The minimum absolute atomic E-state index is 0.126. The minimum Gasteiger partial charge on any atom is -0.331 e. The summed E-state index contributed by atoms with van der Waals surface area (Å²) in [4.78, 5) is 21.5. The number of ketones is 1. The molecule has 0 atom stereocenters. The van der Waals surface area contributed by atoms with Crippen molar-refractivity contribution in [3.63, 3.8) is 0 Å². The lowest BCUT2D eigenvalue weighted by molar-refractivity contribution is -0.114. The number of rotatable bonds is 5. The molecule has 0 fully saturated rings. The first-order valence-corrected chi connectivity index (χ1v) is 9.16. The van der Waals surface area contributed by atoms with Crippen molar-refractivity contribution in [1.82, 2.24) is 14.5 Å². The fourth-order valence-corrected chi connectivity index (χ4v) is 3.05. The highest BCUT2D eigenvalue weighted by Crippen LogP contribution is 2.25. The number of aryl methyl sites for hydroxylation is 1. The number of carbonyl (C=O) groups excluding carboxylic acids is 1. The summed E-state index contributed by atoms with van der Waals surface area (Å²) in [5, 5.41) is 1.75. The van der Waals surface area contributed by atoms with E-state index in [2.05, 4.69) is 9.97 Å². The highest BCUT2D eigenvalue weighted by atomic mass is 16.1. The minimum atomic E-state index is -0.682. The molecule has 0 saturated carbocycles. The van der Waals surface area contributed by atoms with Gasteiger partial charge in [0.25, 0.3) is 0 Å². The van der Waals surface area contributed by atoms with E-state index < -0.39 is 30.0 Å². The Kier molecular flexibility index (Phi) is 3.47. The van der Waals surface area contributed by atoms with E-state index in [0.29, 0.717) is 5.69 Å². The number of imidazole rings is 1. The molecule has 29 heavy (non-hydrogen) atoms. The first kappa shape index (κ1) is 12.8. The van der Waals surface area contributed by atoms with Gasteiger partial charge in [0.05, 0.1) is 26.5 Å². The molecule has 4 rings (SSSR count). The van der Waals surface area contributed by atoms with Crippen LogP contribution in [0.25, 0.3) is 28.1 Å². The molecule has 144 valence electrons. The summed E-state index contributed by atoms with van der Waals surface area (Å²) in [6.45, 7) is 3.37. The number of benzene rings is 2. The topological polar surface area (TPSA) is 47.8 Å². The summed E-state index contributed by atoms with van der Waals surface area (Å²) in [7, 11) is 1.94. The Balaban J connectivity index is 1.68. The van der Waals surface area contributed by atoms with Crippen molar-refractivity contribution in [3.8, 4) is 11.3 Å². The van der Waals surface area contributed by atoms with Gasteiger partial charge in [0.15, 0.2) is 5.78 Å². The van der Waals surface area contributed by atoms with E-state index in [-0.39, 0.29) is 29.6 Å². The summed E-state index contributed by atoms with van der Waals surface area (Å²) >= 11 is 0. The third-order valence-corrected chi connectivity index (χ3v) is 4.71. The van der Waals surface area contributed by atoms with Crippen molar-refractivity contribution in [2.45, 2.75) is 20.3 Å². The molecule has 2 aromatic heterocycles. The van der Waals surface area contributed by atoms with Crippen LogP contribution < -0.4 is 0 Å². The zero-order valence-corrected chi connectivity index (χ0v) is 16.4. The second kappa shape index (κ2) is 7.84. The van der Waals surface area contributed by atoms with Crippen LogP contribution in [0.1, 0.15) is 30.9 Å². The molecule has 0 aliphatic rings. The molecule has 0 unspecified atom stereocenters. The highest BCUT2D eigenvalue weighted by molar-refractivity contribution is 5.95. The monoisotopic (exact) mass is 387 g/mol. The quantitative estimate of drug-likeness (QED) is 0.449. The summed E-state index contributed by atoms with van der Waals surface area (Å²) in [6, 6.07) is 4.90. The van der Waals surface area contributed by atoms with Gasteiger partial charge in [-0.05, 0) is 43.0 Å². The average molecular weight is 388 g/mol. The molecular formula is C25H23N3O. The Morgan fingerprint density at radius 2 is 2.03 bits per heavy atom. The number of pyridine rings is 1. The average Bonchev–Trinajstić information content (AvgIpc) is 3.18. The normalized spacial score (nSPS) is 15.0. The van der Waals surface area contributed by atoms with E-state index in [1.165, 1.54) is 6.92 Å². The molecule has 4 nitrogen and oxygen atoms in total. The van der Waals surface area contributed by atoms with Crippen LogP contribution in [0.3, 0.4) is 0 Å². The molecule has 0 aliphatic carbocycles. The summed E-state index contributed by atoms with van der Waals surface area (Å²) in [5.74, 6) is 0.206. The summed E-state index contributed by atoms with van der Waals surface area (Å²) in [5.41, 5.74) is 2.18. The van der Waals surface area contributed by atoms with Gasteiger partial charge in [-0.1, -0.05) is 47.9 Å². The Bertz CT molecular complexity index is 1510. The number of hydrogen-bond acceptors (Lipinski definition) is 3. The van der Waals surface area contributed by atoms with Gasteiger partial charge >= 0.3 is 0 Å². The number of carbonyl (C=O) groups is 1. The predicted molar refractivity (Wildman–Crippen MR) is 118 cm³/mol. The molecule has 2 aromatic carbocycles. The van der Waals surface area contributed by atoms with Crippen molar-refractivity contribution >= 4 is 22.6 Å². The molecule has 0 bridgehead atoms. The van der Waals surface area contributed by atoms with Crippen LogP contribution in [-0.2, 0) is 18.3 Å². The highest BCUT2D eigenvalue weighted by Gasteiger charge is 2.08. The lowest BCUT2D eigenvalue weighted by atomic mass is 10.0. The van der Waals surface area contributed by atoms with Crippen LogP contribution in [0.2, 0.25) is 0 Å². The van der Waals surface area contributed by atoms with Crippen molar-refractivity contribution in [2.75, 3.05) is 0 Å². The maximum absolute atomic E-state index is 12.8. The van der Waals surface area contributed by atoms with E-state index in [1.54, 1.807) is 18.5 Å². The molecular weight excluding hydrogens is 358 g/mol. The molecule has 0 saturated heterocycles. The first-order chi connectivity index (χ1) is 16.5. The molecule has 0 spiro atoms. The second-order valence-corrected chi connectivity index (χ2v) is 6.84. The van der Waals surface area contributed by atoms with E-state index in [9.17, 15) is 4.79 Å². The SMILES string of the molecule is [2H]/C(C(=O)Cc1cc2cc(-c3cnc(C)n3C)ccc2cn1)=C(/[2H])c1c([2H])c([2H])c([2H])c(C)c1[2H]. The Hall–Kier alpha value is -3.53. The predicted octanol–water partition coefficient (Wildman–Crippen LogP) is 5.08. The lowest BCUT2D eigenvalue weighted by Crippen LogP contribution is -2.01. The maximum atomic E-state index is 12.8. The Morgan fingerprint density at radius 3 is 2.83 bits per heavy atom. The molecule has 0 radical (unpaired) electrons. The Labute approximate surface area is 179 Å². The second-order valence-electron chi connectivity index (χ2n) is 6.84. The van der Waals surface area contributed by atoms with Gasteiger partial charge in [-0.2, -0.15) is 0 Å². The maximum Gasteiger partial charge on any atom is 0.161 e. The Morgan fingerprint density at radius 1 is 1.17 bits per heavy atom. The zero-order chi connectivity index (χ0) is 25.6. The van der Waals surface area contributed by atoms with Gasteiger partial charge in [0.2, 0.25) is 0 Å². The smallest absolute Gasteiger partial charge is 0.161 e. The molecule has 0 aliphatic heterocycles. The number of fused-ring (bicyclic) bond motifs is 1. The van der Waals surface area contributed by atoms with Gasteiger partial charge in [0.1, 0.15) is 5.82 Å². The third-order valence-electron chi connectivity index (χ3n) is 4.71. The van der Waals surface area contributed by atoms with E-state index in [0.717, 1.165) is 27.9 Å². The van der Waals surface area contributed by atoms with Gasteiger partial charge in [-0.3, -0.25) is 9.78 Å². The van der Waals surface area contributed by atoms with Crippen molar-refractivity contribution in [2.24, 2.45) is 7.05 Å². The number of allylic oxidation sites excluding steroid dienone is 1. The van der Waals surface area contributed by atoms with Crippen molar-refractivity contribution in [3.05, 3.63) is 89.5 Å². The van der Waals surface area contributed by atoms with Gasteiger partial charge in [-0.15, -0.1) is 0 Å². The van der Waals surface area contributed by atoms with Crippen molar-refractivity contribution < 1.29 is 13.0 Å². The van der Waals surface area contributed by atoms with E-state index >= 15 is 0 Å². The first-order valence-electron chi connectivity index (χ1n) is 12.2. The van der Waals surface area contributed by atoms with Gasteiger partial charge < -0.3 is 4.57 Å². The zero-order valence-electron chi connectivity index (χ0n) is 22.4. The molecule has 4 heteroatoms. The van der Waals surface area contributed by atoms with E-state index in [4.69, 9.17) is 8.22 Å². The van der Waals surface area contributed by atoms with Crippen LogP contribution in [-0.4, -0.2) is 20.3 Å². The van der Waals surface area contributed by atoms with Crippen LogP contribution in [0.15, 0.2) is 66.9 Å². The fourth-order valence-electron chi connectivity index (χ4n) is 3.05.